The van der Waals surface area contributed by atoms with E-state index in [0.717, 1.165) is 44.3 Å². The predicted octanol–water partition coefficient (Wildman–Crippen LogP) is 1.24. The molecule has 2 rings (SSSR count). The first-order valence-electron chi connectivity index (χ1n) is 7.34. The number of nitrogens with two attached hydrogens (primary N) is 1. The molecular weight excluding hydrogens is 250 g/mol. The van der Waals surface area contributed by atoms with Crippen molar-refractivity contribution in [1.29, 1.82) is 0 Å². The maximum absolute atomic E-state index is 12.2. The van der Waals surface area contributed by atoms with E-state index in [9.17, 15) is 4.79 Å². The number of hydrogen-bond acceptors (Lipinski definition) is 3. The zero-order valence-electron chi connectivity index (χ0n) is 12.5. The van der Waals surface area contributed by atoms with Crippen LogP contribution in [0.4, 0.5) is 0 Å². The van der Waals surface area contributed by atoms with Crippen LogP contribution in [0, 0.1) is 0 Å². The zero-order chi connectivity index (χ0) is 14.6. The molecule has 0 saturated heterocycles. The summed E-state index contributed by atoms with van der Waals surface area (Å²) in [7, 11) is 4.05. The Morgan fingerprint density at radius 3 is 2.80 bits per heavy atom. The van der Waals surface area contributed by atoms with E-state index in [-0.39, 0.29) is 5.91 Å². The molecule has 1 aromatic carbocycles. The van der Waals surface area contributed by atoms with Gasteiger partial charge in [-0.25, -0.2) is 0 Å². The number of rotatable bonds is 5. The minimum absolute atomic E-state index is 0.259. The molecule has 1 unspecified atom stereocenters. The Labute approximate surface area is 121 Å². The van der Waals surface area contributed by atoms with Gasteiger partial charge in [0.1, 0.15) is 5.54 Å². The van der Waals surface area contributed by atoms with Crippen molar-refractivity contribution in [2.75, 3.05) is 27.2 Å². The SMILES string of the molecule is CN(C)CCNC1(C(N)=O)CCCCc2ccccc21. The molecule has 4 nitrogen and oxygen atoms in total. The summed E-state index contributed by atoms with van der Waals surface area (Å²) in [6.45, 7) is 1.64. The Balaban J connectivity index is 2.33. The van der Waals surface area contributed by atoms with Crippen LogP contribution in [0.2, 0.25) is 0 Å². The fourth-order valence-corrected chi connectivity index (χ4v) is 3.01. The van der Waals surface area contributed by atoms with Crippen LogP contribution in [0.5, 0.6) is 0 Å². The van der Waals surface area contributed by atoms with Crippen LogP contribution in [0.15, 0.2) is 24.3 Å². The summed E-state index contributed by atoms with van der Waals surface area (Å²) in [6.07, 6.45) is 3.95. The number of nitrogens with zero attached hydrogens (tertiary/aromatic N) is 1. The lowest BCUT2D eigenvalue weighted by Gasteiger charge is -2.33. The van der Waals surface area contributed by atoms with Gasteiger partial charge in [-0.2, -0.15) is 0 Å². The Bertz CT molecular complexity index is 473. The Morgan fingerprint density at radius 1 is 1.35 bits per heavy atom. The van der Waals surface area contributed by atoms with Crippen molar-refractivity contribution < 1.29 is 4.79 Å². The number of benzene rings is 1. The average molecular weight is 275 g/mol. The van der Waals surface area contributed by atoms with Crippen molar-refractivity contribution in [3.63, 3.8) is 0 Å². The van der Waals surface area contributed by atoms with E-state index >= 15 is 0 Å². The van der Waals surface area contributed by atoms with Crippen LogP contribution >= 0.6 is 0 Å². The Kier molecular flexibility index (Phi) is 4.78. The summed E-state index contributed by atoms with van der Waals surface area (Å²) >= 11 is 0. The molecule has 1 aromatic rings. The van der Waals surface area contributed by atoms with E-state index in [2.05, 4.69) is 16.3 Å². The summed E-state index contributed by atoms with van der Waals surface area (Å²) in [5.74, 6) is -0.259. The van der Waals surface area contributed by atoms with Gasteiger partial charge in [0.05, 0.1) is 0 Å². The van der Waals surface area contributed by atoms with E-state index < -0.39 is 5.54 Å². The number of nitrogens with one attached hydrogen (secondary N) is 1. The molecule has 0 saturated carbocycles. The second-order valence-corrected chi connectivity index (χ2v) is 5.86. The average Bonchev–Trinajstić information content (AvgIpc) is 2.59. The molecule has 0 bridgehead atoms. The fourth-order valence-electron chi connectivity index (χ4n) is 3.01. The molecule has 110 valence electrons. The normalized spacial score (nSPS) is 22.4. The Morgan fingerprint density at radius 2 is 2.10 bits per heavy atom. The first-order chi connectivity index (χ1) is 9.56. The standard InChI is InChI=1S/C16H25N3O/c1-19(2)12-11-18-16(15(17)20)10-6-5-8-13-7-3-4-9-14(13)16/h3-4,7,9,18H,5-6,8,10-12H2,1-2H3,(H2,17,20). The van der Waals surface area contributed by atoms with Gasteiger partial charge in [-0.05, 0) is 44.5 Å². The number of likely N-dealkylation sites (N-methyl/N-ethyl adjacent to an activating group) is 1. The fraction of sp³-hybridized carbons (Fsp3) is 0.562. The topological polar surface area (TPSA) is 58.4 Å². The van der Waals surface area contributed by atoms with E-state index in [4.69, 9.17) is 5.73 Å². The molecule has 0 aliphatic heterocycles. The van der Waals surface area contributed by atoms with E-state index in [1.165, 1.54) is 5.56 Å². The number of fused-ring (bicyclic) bond motifs is 1. The third-order valence-corrected chi connectivity index (χ3v) is 4.13. The van der Waals surface area contributed by atoms with Crippen LogP contribution in [0.3, 0.4) is 0 Å². The Hall–Kier alpha value is -1.39. The lowest BCUT2D eigenvalue weighted by atomic mass is 9.83. The van der Waals surface area contributed by atoms with Crippen molar-refractivity contribution in [2.24, 2.45) is 5.73 Å². The maximum atomic E-state index is 12.2. The van der Waals surface area contributed by atoms with Gasteiger partial charge in [-0.3, -0.25) is 10.1 Å². The van der Waals surface area contributed by atoms with Gasteiger partial charge in [0.25, 0.3) is 0 Å². The van der Waals surface area contributed by atoms with Crippen molar-refractivity contribution in [2.45, 2.75) is 31.2 Å². The van der Waals surface area contributed by atoms with Crippen molar-refractivity contribution >= 4 is 5.91 Å². The van der Waals surface area contributed by atoms with Crippen LogP contribution in [-0.4, -0.2) is 38.0 Å². The summed E-state index contributed by atoms with van der Waals surface area (Å²) in [6, 6.07) is 8.20. The monoisotopic (exact) mass is 275 g/mol. The summed E-state index contributed by atoms with van der Waals surface area (Å²) < 4.78 is 0. The molecule has 0 radical (unpaired) electrons. The van der Waals surface area contributed by atoms with E-state index in [0.29, 0.717) is 0 Å². The molecule has 20 heavy (non-hydrogen) atoms. The van der Waals surface area contributed by atoms with Crippen molar-refractivity contribution in [3.8, 4) is 0 Å². The summed E-state index contributed by atoms with van der Waals surface area (Å²) in [4.78, 5) is 14.3. The van der Waals surface area contributed by atoms with Gasteiger partial charge >= 0.3 is 0 Å². The number of hydrogen-bond donors (Lipinski definition) is 2. The van der Waals surface area contributed by atoms with Crippen LogP contribution in [0.1, 0.15) is 30.4 Å². The molecule has 0 fully saturated rings. The molecule has 4 heteroatoms. The second kappa shape index (κ2) is 6.37. The molecular formula is C16H25N3O. The second-order valence-electron chi connectivity index (χ2n) is 5.86. The number of aryl methyl sites for hydroxylation is 1. The summed E-state index contributed by atoms with van der Waals surface area (Å²) in [5, 5.41) is 3.45. The van der Waals surface area contributed by atoms with Crippen molar-refractivity contribution in [1.82, 2.24) is 10.2 Å². The van der Waals surface area contributed by atoms with E-state index in [1.54, 1.807) is 0 Å². The van der Waals surface area contributed by atoms with Gasteiger partial charge in [-0.1, -0.05) is 30.7 Å². The number of amides is 1. The van der Waals surface area contributed by atoms with Crippen LogP contribution in [0.25, 0.3) is 0 Å². The van der Waals surface area contributed by atoms with E-state index in [1.807, 2.05) is 32.3 Å². The zero-order valence-corrected chi connectivity index (χ0v) is 12.5. The lowest BCUT2D eigenvalue weighted by molar-refractivity contribution is -0.125. The molecule has 3 N–H and O–H groups in total. The first kappa shape index (κ1) is 15.0. The molecule has 1 amide bonds. The molecule has 0 heterocycles. The smallest absolute Gasteiger partial charge is 0.242 e. The molecule has 1 aliphatic rings. The molecule has 0 spiro atoms. The van der Waals surface area contributed by atoms with Gasteiger partial charge in [0.15, 0.2) is 0 Å². The summed E-state index contributed by atoms with van der Waals surface area (Å²) in [5.41, 5.74) is 7.41. The van der Waals surface area contributed by atoms with Gasteiger partial charge < -0.3 is 10.6 Å². The highest BCUT2D eigenvalue weighted by Crippen LogP contribution is 2.34. The minimum Gasteiger partial charge on any atom is -0.368 e. The predicted molar refractivity (Wildman–Crippen MR) is 81.4 cm³/mol. The number of carbonyl (C=O) groups excluding carboxylic acids is 1. The van der Waals surface area contributed by atoms with Gasteiger partial charge in [0.2, 0.25) is 5.91 Å². The minimum atomic E-state index is -0.705. The maximum Gasteiger partial charge on any atom is 0.242 e. The molecule has 0 aromatic heterocycles. The first-order valence-corrected chi connectivity index (χ1v) is 7.34. The number of primary amides is 1. The molecule has 1 aliphatic carbocycles. The van der Waals surface area contributed by atoms with Crippen LogP contribution < -0.4 is 11.1 Å². The highest BCUT2D eigenvalue weighted by molar-refractivity contribution is 5.86. The number of carbonyl (C=O) groups is 1. The van der Waals surface area contributed by atoms with Gasteiger partial charge in [0, 0.05) is 13.1 Å². The highest BCUT2D eigenvalue weighted by Gasteiger charge is 2.40. The van der Waals surface area contributed by atoms with Gasteiger partial charge in [-0.15, -0.1) is 0 Å². The van der Waals surface area contributed by atoms with Crippen molar-refractivity contribution in [3.05, 3.63) is 35.4 Å². The largest absolute Gasteiger partial charge is 0.368 e. The quantitative estimate of drug-likeness (QED) is 0.795. The molecule has 1 atom stereocenters. The highest BCUT2D eigenvalue weighted by atomic mass is 16.1. The third kappa shape index (κ3) is 3.02. The lowest BCUT2D eigenvalue weighted by Crippen LogP contribution is -2.54. The van der Waals surface area contributed by atoms with Crippen LogP contribution in [-0.2, 0) is 16.8 Å². The third-order valence-electron chi connectivity index (χ3n) is 4.13.